The number of rotatable bonds is 6. The Hall–Kier alpha value is -2.93. The quantitative estimate of drug-likeness (QED) is 0.585. The van der Waals surface area contributed by atoms with Crippen LogP contribution < -0.4 is 5.32 Å². The van der Waals surface area contributed by atoms with Gasteiger partial charge in [0, 0.05) is 22.9 Å². The normalized spacial score (nSPS) is 10.4. The number of methoxy groups -OCH3 is 1. The average Bonchev–Trinajstić information content (AvgIpc) is 3.15. The molecule has 0 saturated heterocycles. The van der Waals surface area contributed by atoms with Crippen LogP contribution in [0.15, 0.2) is 63.6 Å². The third kappa shape index (κ3) is 4.83. The van der Waals surface area contributed by atoms with Crippen LogP contribution >= 0.6 is 15.9 Å². The molecule has 27 heavy (non-hydrogen) atoms. The van der Waals surface area contributed by atoms with E-state index in [0.717, 1.165) is 10.0 Å². The number of amides is 1. The van der Waals surface area contributed by atoms with Gasteiger partial charge in [-0.1, -0.05) is 40.2 Å². The minimum Gasteiger partial charge on any atom is -0.465 e. The maximum Gasteiger partial charge on any atom is 0.339 e. The van der Waals surface area contributed by atoms with E-state index in [1.54, 1.807) is 30.5 Å². The number of esters is 1. The molecule has 0 aliphatic rings. The minimum atomic E-state index is -0.503. The molecule has 1 heterocycles. The second kappa shape index (κ2) is 8.64. The van der Waals surface area contributed by atoms with Crippen LogP contribution in [0.1, 0.15) is 22.7 Å². The lowest BCUT2D eigenvalue weighted by molar-refractivity contribution is -0.116. The van der Waals surface area contributed by atoms with E-state index < -0.39 is 5.97 Å². The standard InChI is InChI=1S/C20H17BrN2O4/c1-26-20(25)15-7-2-3-8-16(15)23-18(24)9-10-19-22-12-17(27-19)13-5-4-6-14(21)11-13/h2-8,11-12H,9-10H2,1H3,(H,23,24). The fraction of sp³-hybridized carbons (Fsp3) is 0.150. The Bertz CT molecular complexity index is 968. The summed E-state index contributed by atoms with van der Waals surface area (Å²) in [5, 5.41) is 2.73. The van der Waals surface area contributed by atoms with Crippen molar-refractivity contribution in [2.24, 2.45) is 0 Å². The number of para-hydroxylation sites is 1. The van der Waals surface area contributed by atoms with Gasteiger partial charge in [0.2, 0.25) is 5.91 Å². The Labute approximate surface area is 164 Å². The third-order valence-corrected chi connectivity index (χ3v) is 4.33. The second-order valence-corrected chi connectivity index (χ2v) is 6.63. The zero-order valence-corrected chi connectivity index (χ0v) is 16.2. The molecule has 6 nitrogen and oxygen atoms in total. The topological polar surface area (TPSA) is 81.4 Å². The molecule has 7 heteroatoms. The number of oxazole rings is 1. The highest BCUT2D eigenvalue weighted by atomic mass is 79.9. The van der Waals surface area contributed by atoms with E-state index in [0.29, 0.717) is 29.3 Å². The Morgan fingerprint density at radius 3 is 2.78 bits per heavy atom. The van der Waals surface area contributed by atoms with Gasteiger partial charge in [-0.25, -0.2) is 9.78 Å². The zero-order chi connectivity index (χ0) is 19.2. The monoisotopic (exact) mass is 428 g/mol. The molecule has 3 aromatic rings. The molecule has 3 rings (SSSR count). The lowest BCUT2D eigenvalue weighted by Gasteiger charge is -2.09. The summed E-state index contributed by atoms with van der Waals surface area (Å²) in [6, 6.07) is 14.4. The van der Waals surface area contributed by atoms with E-state index in [2.05, 4.69) is 26.2 Å². The summed E-state index contributed by atoms with van der Waals surface area (Å²) in [5.41, 5.74) is 1.62. The highest BCUT2D eigenvalue weighted by Crippen LogP contribution is 2.24. The van der Waals surface area contributed by atoms with Crippen molar-refractivity contribution in [1.82, 2.24) is 4.98 Å². The number of nitrogens with one attached hydrogen (secondary N) is 1. The van der Waals surface area contributed by atoms with Crippen LogP contribution in [0.3, 0.4) is 0 Å². The highest BCUT2D eigenvalue weighted by Gasteiger charge is 2.14. The third-order valence-electron chi connectivity index (χ3n) is 3.84. The summed E-state index contributed by atoms with van der Waals surface area (Å²) in [5.74, 6) is 0.370. The molecule has 2 aromatic carbocycles. The molecule has 0 aliphatic heterocycles. The summed E-state index contributed by atoms with van der Waals surface area (Å²) < 4.78 is 11.4. The van der Waals surface area contributed by atoms with E-state index in [4.69, 9.17) is 9.15 Å². The van der Waals surface area contributed by atoms with Gasteiger partial charge in [0.15, 0.2) is 11.7 Å². The molecule has 0 aliphatic carbocycles. The molecule has 1 amide bonds. The molecule has 0 atom stereocenters. The smallest absolute Gasteiger partial charge is 0.339 e. The Morgan fingerprint density at radius 2 is 2.00 bits per heavy atom. The van der Waals surface area contributed by atoms with Gasteiger partial charge >= 0.3 is 5.97 Å². The van der Waals surface area contributed by atoms with Crippen molar-refractivity contribution in [3.05, 3.63) is 70.7 Å². The molecule has 138 valence electrons. The van der Waals surface area contributed by atoms with E-state index in [1.165, 1.54) is 7.11 Å². The predicted molar refractivity (Wildman–Crippen MR) is 104 cm³/mol. The molecule has 1 aromatic heterocycles. The maximum absolute atomic E-state index is 12.2. The second-order valence-electron chi connectivity index (χ2n) is 5.71. The lowest BCUT2D eigenvalue weighted by atomic mass is 10.1. The van der Waals surface area contributed by atoms with Gasteiger partial charge in [-0.15, -0.1) is 0 Å². The number of benzene rings is 2. The Morgan fingerprint density at radius 1 is 1.19 bits per heavy atom. The molecule has 0 bridgehead atoms. The molecule has 1 N–H and O–H groups in total. The van der Waals surface area contributed by atoms with Gasteiger partial charge in [-0.2, -0.15) is 0 Å². The van der Waals surface area contributed by atoms with Gasteiger partial charge in [0.25, 0.3) is 0 Å². The fourth-order valence-corrected chi connectivity index (χ4v) is 2.91. The first-order chi connectivity index (χ1) is 13.1. The number of hydrogen-bond donors (Lipinski definition) is 1. The number of ether oxygens (including phenoxy) is 1. The molecule has 0 radical (unpaired) electrons. The highest BCUT2D eigenvalue weighted by molar-refractivity contribution is 9.10. The summed E-state index contributed by atoms with van der Waals surface area (Å²) in [6.45, 7) is 0. The van der Waals surface area contributed by atoms with Gasteiger partial charge in [0.05, 0.1) is 24.6 Å². The van der Waals surface area contributed by atoms with Crippen molar-refractivity contribution in [2.75, 3.05) is 12.4 Å². The Balaban J connectivity index is 1.61. The zero-order valence-electron chi connectivity index (χ0n) is 14.6. The van der Waals surface area contributed by atoms with Crippen molar-refractivity contribution in [1.29, 1.82) is 0 Å². The van der Waals surface area contributed by atoms with Crippen LogP contribution in [0.25, 0.3) is 11.3 Å². The number of anilines is 1. The number of hydrogen-bond acceptors (Lipinski definition) is 5. The van der Waals surface area contributed by atoms with E-state index in [1.807, 2.05) is 24.3 Å². The number of carbonyl (C=O) groups excluding carboxylic acids is 2. The van der Waals surface area contributed by atoms with Crippen molar-refractivity contribution in [3.63, 3.8) is 0 Å². The number of aromatic nitrogens is 1. The van der Waals surface area contributed by atoms with Crippen LogP contribution in [0.2, 0.25) is 0 Å². The molecule has 0 saturated carbocycles. The van der Waals surface area contributed by atoms with Crippen molar-refractivity contribution >= 4 is 33.5 Å². The summed E-state index contributed by atoms with van der Waals surface area (Å²) >= 11 is 3.42. The van der Waals surface area contributed by atoms with Gasteiger partial charge < -0.3 is 14.5 Å². The lowest BCUT2D eigenvalue weighted by Crippen LogP contribution is -2.15. The minimum absolute atomic E-state index is 0.175. The summed E-state index contributed by atoms with van der Waals surface area (Å²) in [7, 11) is 1.30. The van der Waals surface area contributed by atoms with Gasteiger partial charge in [-0.05, 0) is 24.3 Å². The molecule has 0 fully saturated rings. The van der Waals surface area contributed by atoms with E-state index in [-0.39, 0.29) is 12.3 Å². The molecular weight excluding hydrogens is 412 g/mol. The summed E-state index contributed by atoms with van der Waals surface area (Å²) in [4.78, 5) is 28.2. The number of halogens is 1. The summed E-state index contributed by atoms with van der Waals surface area (Å²) in [6.07, 6.45) is 2.16. The van der Waals surface area contributed by atoms with Crippen LogP contribution in [-0.4, -0.2) is 24.0 Å². The number of aryl methyl sites for hydroxylation is 1. The number of carbonyl (C=O) groups is 2. The molecular formula is C20H17BrN2O4. The van der Waals surface area contributed by atoms with Gasteiger partial charge in [-0.3, -0.25) is 4.79 Å². The maximum atomic E-state index is 12.2. The SMILES string of the molecule is COC(=O)c1ccccc1NC(=O)CCc1ncc(-c2cccc(Br)c2)o1. The van der Waals surface area contributed by atoms with Crippen LogP contribution in [-0.2, 0) is 16.0 Å². The average molecular weight is 429 g/mol. The molecule has 0 unspecified atom stereocenters. The number of nitrogens with zero attached hydrogens (tertiary/aromatic N) is 1. The van der Waals surface area contributed by atoms with Crippen LogP contribution in [0, 0.1) is 0 Å². The fourth-order valence-electron chi connectivity index (χ4n) is 2.51. The molecule has 0 spiro atoms. The predicted octanol–water partition coefficient (Wildman–Crippen LogP) is 4.46. The first-order valence-electron chi connectivity index (χ1n) is 8.24. The van der Waals surface area contributed by atoms with Crippen molar-refractivity contribution in [3.8, 4) is 11.3 Å². The van der Waals surface area contributed by atoms with Crippen LogP contribution in [0.5, 0.6) is 0 Å². The first-order valence-corrected chi connectivity index (χ1v) is 9.04. The van der Waals surface area contributed by atoms with Crippen LogP contribution in [0.4, 0.5) is 5.69 Å². The van der Waals surface area contributed by atoms with Gasteiger partial charge in [0.1, 0.15) is 0 Å². The van der Waals surface area contributed by atoms with Crippen molar-refractivity contribution < 1.29 is 18.7 Å². The van der Waals surface area contributed by atoms with E-state index >= 15 is 0 Å². The largest absolute Gasteiger partial charge is 0.465 e. The first kappa shape index (κ1) is 18.8. The Kier molecular flexibility index (Phi) is 6.03. The van der Waals surface area contributed by atoms with E-state index in [9.17, 15) is 9.59 Å². The van der Waals surface area contributed by atoms with Crippen molar-refractivity contribution in [2.45, 2.75) is 12.8 Å².